The number of amides is 2. The number of nitrogens with one attached hydrogen (secondary N) is 2. The van der Waals surface area contributed by atoms with Crippen molar-refractivity contribution in [3.63, 3.8) is 0 Å². The molecular formula is C13H28N2O2Si. The number of carbonyl (C=O) groups is 1. The summed E-state index contributed by atoms with van der Waals surface area (Å²) in [5.41, 5.74) is 1.43. The number of ether oxygens (including phenoxy) is 1. The molecule has 0 unspecified atom stereocenters. The predicted molar refractivity (Wildman–Crippen MR) is 77.7 cm³/mol. The van der Waals surface area contributed by atoms with Gasteiger partial charge in [0.15, 0.2) is 0 Å². The highest BCUT2D eigenvalue weighted by Gasteiger charge is 2.38. The lowest BCUT2D eigenvalue weighted by molar-refractivity contribution is -0.0260. The fraction of sp³-hybridized carbons (Fsp3) is 0.923. The molecule has 4 nitrogen and oxygen atoms in total. The molecule has 1 rings (SSSR count). The van der Waals surface area contributed by atoms with E-state index < -0.39 is 8.80 Å². The third-order valence-electron chi connectivity index (χ3n) is 3.69. The Morgan fingerprint density at radius 3 is 2.00 bits per heavy atom. The molecule has 0 atom stereocenters. The van der Waals surface area contributed by atoms with Gasteiger partial charge in [0.2, 0.25) is 0 Å². The fourth-order valence-corrected chi connectivity index (χ4v) is 8.61. The first kappa shape index (κ1) is 15.5. The van der Waals surface area contributed by atoms with Crippen molar-refractivity contribution in [1.29, 1.82) is 0 Å². The SMILES string of the molecule is CC(C)[SiH](C(C)C)C(C)(C)OC1CNC(=O)NC1. The van der Waals surface area contributed by atoms with E-state index in [0.29, 0.717) is 24.2 Å². The minimum absolute atomic E-state index is 0.0449. The molecule has 2 amide bonds. The maximum absolute atomic E-state index is 11.1. The van der Waals surface area contributed by atoms with Crippen LogP contribution in [0.3, 0.4) is 0 Å². The van der Waals surface area contributed by atoms with E-state index in [-0.39, 0.29) is 17.4 Å². The molecule has 0 aromatic carbocycles. The molecule has 0 spiro atoms. The predicted octanol–water partition coefficient (Wildman–Crippen LogP) is 2.05. The third kappa shape index (κ3) is 3.98. The molecule has 1 aliphatic heterocycles. The zero-order chi connectivity index (χ0) is 13.9. The molecule has 1 heterocycles. The summed E-state index contributed by atoms with van der Waals surface area (Å²) >= 11 is 0. The Hall–Kier alpha value is -0.553. The van der Waals surface area contributed by atoms with E-state index >= 15 is 0 Å². The summed E-state index contributed by atoms with van der Waals surface area (Å²) in [6.07, 6.45) is 0.0881. The van der Waals surface area contributed by atoms with E-state index in [1.807, 2.05) is 0 Å². The van der Waals surface area contributed by atoms with Crippen LogP contribution in [-0.2, 0) is 4.74 Å². The number of urea groups is 1. The first-order chi connectivity index (χ1) is 8.24. The molecule has 0 saturated carbocycles. The summed E-state index contributed by atoms with van der Waals surface area (Å²) in [4.78, 5) is 11.1. The fourth-order valence-electron chi connectivity index (χ4n) is 3.51. The standard InChI is InChI=1S/C13H28N2O2Si/c1-9(2)18(10(3)4)13(5,6)17-11-7-14-12(16)15-8-11/h9-11,18H,7-8H2,1-6H3,(H2,14,15,16). The minimum Gasteiger partial charge on any atom is -0.372 e. The minimum atomic E-state index is -1.04. The van der Waals surface area contributed by atoms with Crippen LogP contribution in [-0.4, -0.2) is 39.2 Å². The molecule has 0 bridgehead atoms. The zero-order valence-electron chi connectivity index (χ0n) is 12.5. The molecule has 18 heavy (non-hydrogen) atoms. The topological polar surface area (TPSA) is 50.4 Å². The van der Waals surface area contributed by atoms with Gasteiger partial charge >= 0.3 is 6.03 Å². The summed E-state index contributed by atoms with van der Waals surface area (Å²) in [7, 11) is -1.04. The van der Waals surface area contributed by atoms with Gasteiger partial charge in [-0.3, -0.25) is 0 Å². The average Bonchev–Trinajstić information content (AvgIpc) is 2.19. The Morgan fingerprint density at radius 2 is 1.61 bits per heavy atom. The maximum Gasteiger partial charge on any atom is 0.314 e. The second-order valence-corrected chi connectivity index (χ2v) is 11.6. The van der Waals surface area contributed by atoms with E-state index in [0.717, 1.165) is 0 Å². The molecule has 0 radical (unpaired) electrons. The summed E-state index contributed by atoms with van der Waals surface area (Å²) in [6.45, 7) is 14.9. The number of hydrogen-bond acceptors (Lipinski definition) is 2. The van der Waals surface area contributed by atoms with Crippen LogP contribution in [0, 0.1) is 0 Å². The second kappa shape index (κ2) is 6.06. The number of carbonyl (C=O) groups excluding carboxylic acids is 1. The molecule has 0 aliphatic carbocycles. The Morgan fingerprint density at radius 1 is 1.17 bits per heavy atom. The average molecular weight is 272 g/mol. The summed E-state index contributed by atoms with van der Waals surface area (Å²) in [5.74, 6) is 0. The van der Waals surface area contributed by atoms with Crippen molar-refractivity contribution in [2.24, 2.45) is 0 Å². The first-order valence-corrected chi connectivity index (χ1v) is 8.84. The quantitative estimate of drug-likeness (QED) is 0.753. The van der Waals surface area contributed by atoms with Crippen LogP contribution < -0.4 is 10.6 Å². The highest BCUT2D eigenvalue weighted by molar-refractivity contribution is 6.64. The molecule has 5 heteroatoms. The van der Waals surface area contributed by atoms with E-state index in [9.17, 15) is 4.79 Å². The van der Waals surface area contributed by atoms with Gasteiger partial charge in [-0.05, 0) is 13.8 Å². The van der Waals surface area contributed by atoms with E-state index in [1.165, 1.54) is 0 Å². The molecule has 1 fully saturated rings. The maximum atomic E-state index is 11.1. The second-order valence-electron chi connectivity index (χ2n) is 6.45. The third-order valence-corrected chi connectivity index (χ3v) is 8.30. The molecular weight excluding hydrogens is 244 g/mol. The molecule has 106 valence electrons. The monoisotopic (exact) mass is 272 g/mol. The van der Waals surface area contributed by atoms with Gasteiger partial charge in [-0.1, -0.05) is 38.8 Å². The van der Waals surface area contributed by atoms with Crippen LogP contribution in [0.5, 0.6) is 0 Å². The van der Waals surface area contributed by atoms with Crippen LogP contribution in [0.2, 0.25) is 11.1 Å². The first-order valence-electron chi connectivity index (χ1n) is 6.93. The lowest BCUT2D eigenvalue weighted by Gasteiger charge is -2.42. The van der Waals surface area contributed by atoms with Crippen molar-refractivity contribution in [3.8, 4) is 0 Å². The van der Waals surface area contributed by atoms with Gasteiger partial charge in [0.1, 0.15) is 0 Å². The van der Waals surface area contributed by atoms with Gasteiger partial charge in [-0.15, -0.1) is 0 Å². The molecule has 1 saturated heterocycles. The van der Waals surface area contributed by atoms with Crippen molar-refractivity contribution in [2.45, 2.75) is 64.0 Å². The van der Waals surface area contributed by atoms with Crippen LogP contribution in [0.1, 0.15) is 41.5 Å². The largest absolute Gasteiger partial charge is 0.372 e. The van der Waals surface area contributed by atoms with Crippen molar-refractivity contribution < 1.29 is 9.53 Å². The smallest absolute Gasteiger partial charge is 0.314 e. The van der Waals surface area contributed by atoms with Crippen LogP contribution in [0.25, 0.3) is 0 Å². The van der Waals surface area contributed by atoms with Gasteiger partial charge < -0.3 is 15.4 Å². The summed E-state index contributed by atoms with van der Waals surface area (Å²) < 4.78 is 6.30. The van der Waals surface area contributed by atoms with Crippen molar-refractivity contribution >= 4 is 14.8 Å². The van der Waals surface area contributed by atoms with Crippen LogP contribution in [0.15, 0.2) is 0 Å². The normalized spacial score (nSPS) is 18.4. The molecule has 2 N–H and O–H groups in total. The van der Waals surface area contributed by atoms with Gasteiger partial charge in [-0.25, -0.2) is 4.79 Å². The van der Waals surface area contributed by atoms with E-state index in [4.69, 9.17) is 4.74 Å². The van der Waals surface area contributed by atoms with Crippen LogP contribution >= 0.6 is 0 Å². The van der Waals surface area contributed by atoms with E-state index in [1.54, 1.807) is 0 Å². The Bertz CT molecular complexity index is 275. The molecule has 1 aliphatic rings. The lowest BCUT2D eigenvalue weighted by Crippen LogP contribution is -2.57. The number of hydrogen-bond donors (Lipinski definition) is 2. The summed E-state index contributed by atoms with van der Waals surface area (Å²) in [5, 5.41) is 5.54. The van der Waals surface area contributed by atoms with Gasteiger partial charge in [0.05, 0.1) is 20.1 Å². The number of rotatable bonds is 5. The lowest BCUT2D eigenvalue weighted by atomic mass is 10.3. The van der Waals surface area contributed by atoms with Gasteiger partial charge in [0.25, 0.3) is 0 Å². The Balaban J connectivity index is 2.64. The Kier molecular flexibility index (Phi) is 5.22. The highest BCUT2D eigenvalue weighted by Crippen LogP contribution is 2.32. The van der Waals surface area contributed by atoms with Crippen LogP contribution in [0.4, 0.5) is 4.79 Å². The van der Waals surface area contributed by atoms with Crippen molar-refractivity contribution in [1.82, 2.24) is 10.6 Å². The molecule has 0 aromatic heterocycles. The van der Waals surface area contributed by atoms with Crippen molar-refractivity contribution in [3.05, 3.63) is 0 Å². The van der Waals surface area contributed by atoms with Gasteiger partial charge in [0, 0.05) is 13.1 Å². The van der Waals surface area contributed by atoms with Crippen molar-refractivity contribution in [2.75, 3.05) is 13.1 Å². The van der Waals surface area contributed by atoms with Gasteiger partial charge in [-0.2, -0.15) is 0 Å². The zero-order valence-corrected chi connectivity index (χ0v) is 13.7. The molecule has 0 aromatic rings. The Labute approximate surface area is 112 Å². The summed E-state index contributed by atoms with van der Waals surface area (Å²) in [6, 6.07) is -0.0887. The van der Waals surface area contributed by atoms with E-state index in [2.05, 4.69) is 52.2 Å². The highest BCUT2D eigenvalue weighted by atomic mass is 28.3.